The van der Waals surface area contributed by atoms with E-state index in [2.05, 4.69) is 5.10 Å². The van der Waals surface area contributed by atoms with E-state index in [1.165, 1.54) is 10.9 Å². The Bertz CT molecular complexity index is 449. The molecule has 0 aliphatic carbocycles. The van der Waals surface area contributed by atoms with Crippen molar-refractivity contribution >= 4 is 11.6 Å². The number of rotatable bonds is 4. The molecule has 1 heterocycles. The highest BCUT2D eigenvalue weighted by atomic mass is 19.4. The van der Waals surface area contributed by atoms with Gasteiger partial charge in [0.15, 0.2) is 5.78 Å². The molecule has 0 saturated carbocycles. The minimum Gasteiger partial charge on any atom is -0.294 e. The Hall–Kier alpha value is -1.66. The van der Waals surface area contributed by atoms with Crippen molar-refractivity contribution in [3.63, 3.8) is 0 Å². The molecule has 7 heteroatoms. The highest BCUT2D eigenvalue weighted by Crippen LogP contribution is 2.20. The molecule has 0 saturated heterocycles. The summed E-state index contributed by atoms with van der Waals surface area (Å²) in [5, 5.41) is 3.83. The van der Waals surface area contributed by atoms with Crippen LogP contribution in [0.15, 0.2) is 6.20 Å². The number of carbonyl (C=O) groups is 2. The van der Waals surface area contributed by atoms with Gasteiger partial charge in [-0.15, -0.1) is 0 Å². The van der Waals surface area contributed by atoms with Crippen LogP contribution in [-0.2, 0) is 11.3 Å². The number of aromatic nitrogens is 2. The molecule has 0 atom stereocenters. The second-order valence-corrected chi connectivity index (χ2v) is 3.48. The van der Waals surface area contributed by atoms with Gasteiger partial charge in [-0.3, -0.25) is 14.3 Å². The first kappa shape index (κ1) is 13.4. The molecule has 0 aliphatic heterocycles. The largest absolute Gasteiger partial charge is 0.450 e. The summed E-state index contributed by atoms with van der Waals surface area (Å²) in [7, 11) is 0. The van der Waals surface area contributed by atoms with Crippen molar-refractivity contribution in [2.75, 3.05) is 0 Å². The van der Waals surface area contributed by atoms with Gasteiger partial charge in [0.2, 0.25) is 5.78 Å². The predicted octanol–water partition coefficient (Wildman–Crippen LogP) is 1.92. The van der Waals surface area contributed by atoms with Crippen LogP contribution >= 0.6 is 0 Å². The van der Waals surface area contributed by atoms with E-state index in [4.69, 9.17) is 0 Å². The highest BCUT2D eigenvalue weighted by molar-refractivity contribution is 6.09. The summed E-state index contributed by atoms with van der Waals surface area (Å²) in [5.74, 6) is -2.89. The van der Waals surface area contributed by atoms with E-state index in [-0.39, 0.29) is 5.56 Å². The number of halogens is 3. The van der Waals surface area contributed by atoms with Crippen molar-refractivity contribution in [3.8, 4) is 0 Å². The molecule has 0 unspecified atom stereocenters. The smallest absolute Gasteiger partial charge is 0.294 e. The van der Waals surface area contributed by atoms with E-state index in [0.29, 0.717) is 12.2 Å². The molecule has 94 valence electrons. The normalized spacial score (nSPS) is 11.6. The number of aryl methyl sites for hydroxylation is 1. The van der Waals surface area contributed by atoms with E-state index in [1.54, 1.807) is 13.8 Å². The van der Waals surface area contributed by atoms with Crippen molar-refractivity contribution in [3.05, 3.63) is 17.5 Å². The van der Waals surface area contributed by atoms with Crippen LogP contribution < -0.4 is 0 Å². The summed E-state index contributed by atoms with van der Waals surface area (Å²) in [6.07, 6.45) is -4.95. The third-order valence-corrected chi connectivity index (χ3v) is 2.34. The highest BCUT2D eigenvalue weighted by Gasteiger charge is 2.39. The Morgan fingerprint density at radius 2 is 2.00 bits per heavy atom. The topological polar surface area (TPSA) is 52.0 Å². The number of hydrogen-bond donors (Lipinski definition) is 0. The Balaban J connectivity index is 2.84. The third-order valence-electron chi connectivity index (χ3n) is 2.34. The van der Waals surface area contributed by atoms with Gasteiger partial charge in [-0.25, -0.2) is 0 Å². The lowest BCUT2D eigenvalue weighted by molar-refractivity contribution is -0.170. The second kappa shape index (κ2) is 4.68. The molecular formula is C10H11F3N2O2. The zero-order valence-electron chi connectivity index (χ0n) is 9.34. The van der Waals surface area contributed by atoms with Crippen molar-refractivity contribution in [2.45, 2.75) is 33.0 Å². The predicted molar refractivity (Wildman–Crippen MR) is 52.6 cm³/mol. The van der Waals surface area contributed by atoms with Gasteiger partial charge in [-0.2, -0.15) is 18.3 Å². The summed E-state index contributed by atoms with van der Waals surface area (Å²) >= 11 is 0. The molecule has 0 spiro atoms. The maximum absolute atomic E-state index is 12.0. The van der Waals surface area contributed by atoms with Crippen LogP contribution in [0, 0.1) is 6.92 Å². The molecule has 1 aromatic rings. The Morgan fingerprint density at radius 1 is 1.41 bits per heavy atom. The fourth-order valence-electron chi connectivity index (χ4n) is 1.38. The number of nitrogens with zero attached hydrogens (tertiary/aromatic N) is 2. The molecule has 0 bridgehead atoms. The number of Topliss-reactive ketones (excluding diaryl/α,β-unsaturated/α-hetero) is 2. The molecule has 0 amide bonds. The van der Waals surface area contributed by atoms with Crippen LogP contribution in [-0.4, -0.2) is 27.5 Å². The van der Waals surface area contributed by atoms with Gasteiger partial charge in [0.05, 0.1) is 18.2 Å². The van der Waals surface area contributed by atoms with Gasteiger partial charge in [-0.1, -0.05) is 0 Å². The van der Waals surface area contributed by atoms with Crippen molar-refractivity contribution in [1.82, 2.24) is 9.78 Å². The van der Waals surface area contributed by atoms with Crippen molar-refractivity contribution in [2.24, 2.45) is 0 Å². The van der Waals surface area contributed by atoms with Crippen LogP contribution in [0.2, 0.25) is 0 Å². The van der Waals surface area contributed by atoms with E-state index < -0.39 is 24.2 Å². The van der Waals surface area contributed by atoms with Gasteiger partial charge in [0, 0.05) is 12.2 Å². The monoisotopic (exact) mass is 248 g/mol. The fourth-order valence-corrected chi connectivity index (χ4v) is 1.38. The maximum atomic E-state index is 12.0. The number of hydrogen-bond acceptors (Lipinski definition) is 3. The second-order valence-electron chi connectivity index (χ2n) is 3.48. The average molecular weight is 248 g/mol. The van der Waals surface area contributed by atoms with Gasteiger partial charge in [0.1, 0.15) is 0 Å². The lowest BCUT2D eigenvalue weighted by Crippen LogP contribution is -2.25. The quantitative estimate of drug-likeness (QED) is 0.604. The van der Waals surface area contributed by atoms with Crippen LogP contribution in [0.5, 0.6) is 0 Å². The van der Waals surface area contributed by atoms with E-state index >= 15 is 0 Å². The lowest BCUT2D eigenvalue weighted by atomic mass is 10.1. The zero-order chi connectivity index (χ0) is 13.2. The summed E-state index contributed by atoms with van der Waals surface area (Å²) in [6, 6.07) is 0. The average Bonchev–Trinajstić information content (AvgIpc) is 2.57. The van der Waals surface area contributed by atoms with E-state index in [9.17, 15) is 22.8 Å². The van der Waals surface area contributed by atoms with Crippen molar-refractivity contribution < 1.29 is 22.8 Å². The standard InChI is InChI=1S/C10H11F3N2O2/c1-3-15-6(2)7(5-14-15)8(16)4-9(17)10(11,12)13/h5H,3-4H2,1-2H3. The van der Waals surface area contributed by atoms with Crippen LogP contribution in [0.25, 0.3) is 0 Å². The maximum Gasteiger partial charge on any atom is 0.450 e. The fraction of sp³-hybridized carbons (Fsp3) is 0.500. The lowest BCUT2D eigenvalue weighted by Gasteiger charge is -2.04. The van der Waals surface area contributed by atoms with Crippen LogP contribution in [0.1, 0.15) is 29.4 Å². The third kappa shape index (κ3) is 2.92. The number of ketones is 2. The molecule has 0 aromatic carbocycles. The zero-order valence-corrected chi connectivity index (χ0v) is 9.34. The first-order valence-electron chi connectivity index (χ1n) is 4.93. The summed E-state index contributed by atoms with van der Waals surface area (Å²) in [4.78, 5) is 22.1. The molecular weight excluding hydrogens is 237 g/mol. The molecule has 0 fully saturated rings. The van der Waals surface area contributed by atoms with Crippen LogP contribution in [0.4, 0.5) is 13.2 Å². The molecule has 0 radical (unpaired) electrons. The number of carbonyl (C=O) groups excluding carboxylic acids is 2. The Morgan fingerprint density at radius 3 is 2.41 bits per heavy atom. The summed E-state index contributed by atoms with van der Waals surface area (Å²) in [5.41, 5.74) is 0.525. The molecule has 1 aromatic heterocycles. The molecule has 0 aliphatic rings. The SMILES string of the molecule is CCn1ncc(C(=O)CC(=O)C(F)(F)F)c1C. The van der Waals surface area contributed by atoms with Gasteiger partial charge >= 0.3 is 6.18 Å². The minimum atomic E-state index is -4.97. The van der Waals surface area contributed by atoms with Crippen molar-refractivity contribution in [1.29, 1.82) is 0 Å². The minimum absolute atomic E-state index is 0.0597. The first-order valence-corrected chi connectivity index (χ1v) is 4.93. The Kier molecular flexibility index (Phi) is 3.69. The van der Waals surface area contributed by atoms with Gasteiger partial charge in [-0.05, 0) is 13.8 Å². The summed E-state index contributed by atoms with van der Waals surface area (Å²) < 4.78 is 37.4. The molecule has 0 N–H and O–H groups in total. The molecule has 17 heavy (non-hydrogen) atoms. The number of alkyl halides is 3. The van der Waals surface area contributed by atoms with Gasteiger partial charge < -0.3 is 0 Å². The Labute approximate surface area is 95.4 Å². The van der Waals surface area contributed by atoms with Crippen LogP contribution in [0.3, 0.4) is 0 Å². The molecule has 4 nitrogen and oxygen atoms in total. The molecule has 1 rings (SSSR count). The van der Waals surface area contributed by atoms with E-state index in [0.717, 1.165) is 0 Å². The van der Waals surface area contributed by atoms with E-state index in [1.807, 2.05) is 0 Å². The first-order chi connectivity index (χ1) is 7.77. The van der Waals surface area contributed by atoms with Gasteiger partial charge in [0.25, 0.3) is 0 Å². The summed E-state index contributed by atoms with van der Waals surface area (Å²) in [6.45, 7) is 3.86.